The van der Waals surface area contributed by atoms with Gasteiger partial charge in [0.25, 0.3) is 0 Å². The number of fused-ring (bicyclic) bond motifs is 1. The Bertz CT molecular complexity index is 1010. The molecule has 1 aliphatic heterocycles. The lowest BCUT2D eigenvalue weighted by molar-refractivity contribution is -0.116. The van der Waals surface area contributed by atoms with E-state index >= 15 is 0 Å². The van der Waals surface area contributed by atoms with Gasteiger partial charge in [0, 0.05) is 30.8 Å². The molecule has 28 heavy (non-hydrogen) atoms. The Labute approximate surface area is 161 Å². The van der Waals surface area contributed by atoms with E-state index in [-0.39, 0.29) is 23.0 Å². The van der Waals surface area contributed by atoms with Crippen LogP contribution in [0.3, 0.4) is 0 Å². The van der Waals surface area contributed by atoms with Crippen molar-refractivity contribution in [1.29, 1.82) is 0 Å². The lowest BCUT2D eigenvalue weighted by Gasteiger charge is -2.16. The molecule has 0 radical (unpaired) electrons. The second-order valence-electron chi connectivity index (χ2n) is 6.86. The average Bonchev–Trinajstić information content (AvgIpc) is 3.03. The zero-order chi connectivity index (χ0) is 20.6. The summed E-state index contributed by atoms with van der Waals surface area (Å²) >= 11 is 0. The summed E-state index contributed by atoms with van der Waals surface area (Å²) in [6.45, 7) is 6.70. The van der Waals surface area contributed by atoms with Crippen LogP contribution in [0.5, 0.6) is 0 Å². The minimum Gasteiger partial charge on any atom is -0.451 e. The maximum atomic E-state index is 12.7. The number of Topliss-reactive ketones (excluding diaryl/α,β-unsaturated/α-hetero) is 1. The molecule has 0 N–H and O–H groups in total. The van der Waals surface area contributed by atoms with Gasteiger partial charge in [-0.2, -0.15) is 0 Å². The highest BCUT2D eigenvalue weighted by atomic mass is 16.5. The predicted octanol–water partition coefficient (Wildman–Crippen LogP) is 2.59. The first-order chi connectivity index (χ1) is 13.2. The molecule has 0 saturated heterocycles. The number of rotatable bonds is 4. The van der Waals surface area contributed by atoms with Crippen LogP contribution in [-0.2, 0) is 16.0 Å². The number of hydrogen-bond acceptors (Lipinski definition) is 6. The van der Waals surface area contributed by atoms with E-state index in [4.69, 9.17) is 9.15 Å². The number of carbonyl (C=O) groups excluding carboxylic acids is 3. The fourth-order valence-electron chi connectivity index (χ4n) is 3.45. The fraction of sp³-hybridized carbons (Fsp3) is 0.333. The van der Waals surface area contributed by atoms with E-state index in [9.17, 15) is 19.2 Å². The summed E-state index contributed by atoms with van der Waals surface area (Å²) < 4.78 is 10.3. The molecule has 2 aromatic rings. The highest BCUT2D eigenvalue weighted by molar-refractivity contribution is 6.03. The number of aryl methyl sites for hydroxylation is 2. The molecular weight excluding hydrogens is 362 g/mol. The average molecular weight is 383 g/mol. The number of benzene rings is 1. The quantitative estimate of drug-likeness (QED) is 0.595. The number of ketones is 1. The van der Waals surface area contributed by atoms with E-state index in [1.165, 1.54) is 26.8 Å². The number of carbonyl (C=O) groups is 3. The Balaban J connectivity index is 1.78. The molecule has 7 heteroatoms. The second kappa shape index (κ2) is 7.42. The van der Waals surface area contributed by atoms with Crippen molar-refractivity contribution >= 4 is 23.3 Å². The van der Waals surface area contributed by atoms with Crippen LogP contribution in [0.4, 0.5) is 5.69 Å². The van der Waals surface area contributed by atoms with Crippen LogP contribution in [-0.4, -0.2) is 30.3 Å². The molecule has 0 aliphatic carbocycles. The molecular formula is C21H21NO6. The molecule has 3 rings (SSSR count). The largest absolute Gasteiger partial charge is 0.451 e. The predicted molar refractivity (Wildman–Crippen MR) is 102 cm³/mol. The summed E-state index contributed by atoms with van der Waals surface area (Å²) in [5.41, 5.74) is 2.16. The summed E-state index contributed by atoms with van der Waals surface area (Å²) in [7, 11) is 0. The van der Waals surface area contributed by atoms with Crippen molar-refractivity contribution in [2.75, 3.05) is 11.4 Å². The van der Waals surface area contributed by atoms with Crippen LogP contribution in [0.2, 0.25) is 0 Å². The highest BCUT2D eigenvalue weighted by Crippen LogP contribution is 2.29. The van der Waals surface area contributed by atoms with Crippen LogP contribution in [0, 0.1) is 13.8 Å². The highest BCUT2D eigenvalue weighted by Gasteiger charge is 2.27. The van der Waals surface area contributed by atoms with Gasteiger partial charge < -0.3 is 14.1 Å². The molecule has 0 fully saturated rings. The number of anilines is 1. The monoisotopic (exact) mass is 383 g/mol. The van der Waals surface area contributed by atoms with Crippen molar-refractivity contribution in [3.63, 3.8) is 0 Å². The first-order valence-corrected chi connectivity index (χ1v) is 8.96. The number of hydrogen-bond donors (Lipinski definition) is 0. The van der Waals surface area contributed by atoms with Crippen molar-refractivity contribution in [3.05, 3.63) is 62.7 Å². The molecule has 7 nitrogen and oxygen atoms in total. The SMILES string of the molecule is CC(=O)N1CCc2cc(C(=O)C(C)OC(=O)c3c(C)cc(=O)oc3C)ccc21. The minimum atomic E-state index is -1.01. The first-order valence-electron chi connectivity index (χ1n) is 8.96. The maximum absolute atomic E-state index is 12.7. The van der Waals surface area contributed by atoms with Gasteiger partial charge in [-0.3, -0.25) is 9.59 Å². The second-order valence-corrected chi connectivity index (χ2v) is 6.86. The smallest absolute Gasteiger partial charge is 0.342 e. The van der Waals surface area contributed by atoms with Gasteiger partial charge in [-0.15, -0.1) is 0 Å². The van der Waals surface area contributed by atoms with E-state index in [1.807, 2.05) is 0 Å². The third-order valence-corrected chi connectivity index (χ3v) is 4.83. The molecule has 0 saturated carbocycles. The zero-order valence-electron chi connectivity index (χ0n) is 16.2. The topological polar surface area (TPSA) is 93.9 Å². The van der Waals surface area contributed by atoms with Crippen LogP contribution in [0.15, 0.2) is 33.5 Å². The molecule has 0 bridgehead atoms. The van der Waals surface area contributed by atoms with Gasteiger partial charge in [-0.25, -0.2) is 9.59 Å². The van der Waals surface area contributed by atoms with Crippen molar-refractivity contribution in [3.8, 4) is 0 Å². The Morgan fingerprint density at radius 3 is 2.54 bits per heavy atom. The van der Waals surface area contributed by atoms with Crippen molar-refractivity contribution in [2.45, 2.75) is 40.2 Å². The first kappa shape index (κ1) is 19.5. The summed E-state index contributed by atoms with van der Waals surface area (Å²) in [4.78, 5) is 49.9. The Morgan fingerprint density at radius 1 is 1.18 bits per heavy atom. The van der Waals surface area contributed by atoms with Gasteiger partial charge in [-0.1, -0.05) is 0 Å². The van der Waals surface area contributed by atoms with Gasteiger partial charge in [-0.05, 0) is 56.5 Å². The van der Waals surface area contributed by atoms with E-state index < -0.39 is 17.7 Å². The molecule has 0 spiro atoms. The Morgan fingerprint density at radius 2 is 1.89 bits per heavy atom. The number of amides is 1. The summed E-state index contributed by atoms with van der Waals surface area (Å²) in [6, 6.07) is 6.32. The zero-order valence-corrected chi connectivity index (χ0v) is 16.2. The van der Waals surface area contributed by atoms with Crippen LogP contribution in [0.25, 0.3) is 0 Å². The maximum Gasteiger partial charge on any atom is 0.342 e. The fourth-order valence-corrected chi connectivity index (χ4v) is 3.45. The molecule has 1 atom stereocenters. The van der Waals surface area contributed by atoms with Crippen LogP contribution in [0.1, 0.15) is 51.5 Å². The Hall–Kier alpha value is -3.22. The lowest BCUT2D eigenvalue weighted by Crippen LogP contribution is -2.26. The molecule has 1 aromatic carbocycles. The van der Waals surface area contributed by atoms with E-state index in [0.717, 1.165) is 11.3 Å². The van der Waals surface area contributed by atoms with E-state index in [0.29, 0.717) is 24.1 Å². The van der Waals surface area contributed by atoms with Crippen molar-refractivity contribution in [1.82, 2.24) is 0 Å². The molecule has 1 unspecified atom stereocenters. The molecule has 146 valence electrons. The van der Waals surface area contributed by atoms with Crippen molar-refractivity contribution in [2.24, 2.45) is 0 Å². The van der Waals surface area contributed by atoms with Crippen LogP contribution >= 0.6 is 0 Å². The van der Waals surface area contributed by atoms with Gasteiger partial charge in [0.1, 0.15) is 11.3 Å². The van der Waals surface area contributed by atoms with Crippen molar-refractivity contribution < 1.29 is 23.5 Å². The normalized spacial score (nSPS) is 13.8. The number of ether oxygens (including phenoxy) is 1. The van der Waals surface area contributed by atoms with E-state index in [2.05, 4.69) is 0 Å². The summed E-state index contributed by atoms with van der Waals surface area (Å²) in [6.07, 6.45) is -0.340. The molecule has 1 aromatic heterocycles. The summed E-state index contributed by atoms with van der Waals surface area (Å²) in [5, 5.41) is 0. The van der Waals surface area contributed by atoms with E-state index in [1.54, 1.807) is 30.0 Å². The third-order valence-electron chi connectivity index (χ3n) is 4.83. The number of nitrogens with zero attached hydrogens (tertiary/aromatic N) is 1. The Kier molecular flexibility index (Phi) is 5.18. The van der Waals surface area contributed by atoms with Gasteiger partial charge in [0.2, 0.25) is 11.7 Å². The minimum absolute atomic E-state index is 0.0413. The summed E-state index contributed by atoms with van der Waals surface area (Å²) in [5.74, 6) is -0.953. The standard InChI is InChI=1S/C21H21NO6/c1-11-9-18(24)27-12(2)19(11)21(26)28-13(3)20(25)16-5-6-17-15(10-16)7-8-22(17)14(4)23/h5-6,9-10,13H,7-8H2,1-4H3. The van der Waals surface area contributed by atoms with Crippen LogP contribution < -0.4 is 10.5 Å². The third kappa shape index (κ3) is 3.60. The molecule has 1 amide bonds. The molecule has 1 aliphatic rings. The number of esters is 1. The van der Waals surface area contributed by atoms with Gasteiger partial charge in [0.05, 0.1) is 0 Å². The van der Waals surface area contributed by atoms with Gasteiger partial charge in [0.15, 0.2) is 6.10 Å². The molecule has 2 heterocycles. The van der Waals surface area contributed by atoms with Gasteiger partial charge >= 0.3 is 11.6 Å². The lowest BCUT2D eigenvalue weighted by atomic mass is 10.0.